The Bertz CT molecular complexity index is 518. The maximum absolute atomic E-state index is 14.2. The maximum Gasteiger partial charge on any atom is 0.314 e. The summed E-state index contributed by atoms with van der Waals surface area (Å²) in [6, 6.07) is 1.28. The molecule has 0 unspecified atom stereocenters. The van der Waals surface area contributed by atoms with Crippen LogP contribution in [-0.4, -0.2) is 11.6 Å². The zero-order chi connectivity index (χ0) is 15.7. The Morgan fingerprint density at radius 2 is 1.90 bits per heavy atom. The fraction of sp³-hybridized carbons (Fsp3) is 0.562. The van der Waals surface area contributed by atoms with Crippen LogP contribution in [0.1, 0.15) is 56.7 Å². The molecule has 1 atom stereocenters. The number of carbonyl (C=O) groups is 1. The second-order valence-electron chi connectivity index (χ2n) is 6.11. The zero-order valence-corrected chi connectivity index (χ0v) is 13.1. The number of anilines is 1. The summed E-state index contributed by atoms with van der Waals surface area (Å²) in [6.07, 6.45) is 0.482. The Balaban J connectivity index is 3.27. The van der Waals surface area contributed by atoms with Crippen molar-refractivity contribution in [3.63, 3.8) is 0 Å². The van der Waals surface area contributed by atoms with Crippen LogP contribution in [0, 0.1) is 19.7 Å². The summed E-state index contributed by atoms with van der Waals surface area (Å²) in [5.74, 6) is -1.44. The molecule has 0 aliphatic rings. The number of esters is 1. The van der Waals surface area contributed by atoms with Gasteiger partial charge >= 0.3 is 5.97 Å². The Hall–Kier alpha value is -1.58. The standard InChI is InChI=1S/C16H24FNO2/c1-7-11(15(19)20-16(4,5)6)14-10(3)9(2)13(18)8-12(14)17/h8,11H,7,18H2,1-6H3/t11-/m0/s1. The Kier molecular flexibility index (Phi) is 4.79. The molecule has 0 amide bonds. The van der Waals surface area contributed by atoms with E-state index in [1.54, 1.807) is 27.7 Å². The summed E-state index contributed by atoms with van der Waals surface area (Å²) in [5, 5.41) is 0. The molecule has 0 spiro atoms. The summed E-state index contributed by atoms with van der Waals surface area (Å²) >= 11 is 0. The van der Waals surface area contributed by atoms with E-state index in [0.29, 0.717) is 17.7 Å². The lowest BCUT2D eigenvalue weighted by Crippen LogP contribution is -2.28. The van der Waals surface area contributed by atoms with Crippen LogP contribution in [0.5, 0.6) is 0 Å². The third-order valence-corrected chi connectivity index (χ3v) is 3.39. The molecule has 0 aliphatic heterocycles. The van der Waals surface area contributed by atoms with E-state index in [4.69, 9.17) is 10.5 Å². The van der Waals surface area contributed by atoms with Crippen molar-refractivity contribution in [2.24, 2.45) is 0 Å². The van der Waals surface area contributed by atoms with Crippen molar-refractivity contribution in [3.8, 4) is 0 Å². The third-order valence-electron chi connectivity index (χ3n) is 3.39. The first-order chi connectivity index (χ1) is 9.08. The van der Waals surface area contributed by atoms with Crippen LogP contribution in [0.2, 0.25) is 0 Å². The first-order valence-electron chi connectivity index (χ1n) is 6.86. The topological polar surface area (TPSA) is 52.3 Å². The predicted molar refractivity (Wildman–Crippen MR) is 79.2 cm³/mol. The highest BCUT2D eigenvalue weighted by molar-refractivity contribution is 5.79. The van der Waals surface area contributed by atoms with E-state index in [-0.39, 0.29) is 0 Å². The van der Waals surface area contributed by atoms with E-state index in [2.05, 4.69) is 0 Å². The lowest BCUT2D eigenvalue weighted by Gasteiger charge is -2.25. The van der Waals surface area contributed by atoms with Gasteiger partial charge in [-0.15, -0.1) is 0 Å². The number of benzene rings is 1. The second-order valence-corrected chi connectivity index (χ2v) is 6.11. The molecule has 0 aliphatic carbocycles. The smallest absolute Gasteiger partial charge is 0.314 e. The quantitative estimate of drug-likeness (QED) is 0.676. The average molecular weight is 281 g/mol. The van der Waals surface area contributed by atoms with E-state index in [9.17, 15) is 9.18 Å². The molecule has 2 N–H and O–H groups in total. The van der Waals surface area contributed by atoms with Gasteiger partial charge in [-0.05, 0) is 58.2 Å². The first-order valence-corrected chi connectivity index (χ1v) is 6.86. The Morgan fingerprint density at radius 1 is 1.35 bits per heavy atom. The summed E-state index contributed by atoms with van der Waals surface area (Å²) in [6.45, 7) is 10.9. The number of nitrogens with two attached hydrogens (primary N) is 1. The number of hydrogen-bond acceptors (Lipinski definition) is 3. The minimum absolute atomic E-state index is 0.397. The van der Waals surface area contributed by atoms with Crippen LogP contribution in [0.25, 0.3) is 0 Å². The molecule has 20 heavy (non-hydrogen) atoms. The van der Waals surface area contributed by atoms with Gasteiger partial charge in [-0.2, -0.15) is 0 Å². The molecule has 0 heterocycles. The fourth-order valence-electron chi connectivity index (χ4n) is 2.21. The van der Waals surface area contributed by atoms with Crippen molar-refractivity contribution >= 4 is 11.7 Å². The van der Waals surface area contributed by atoms with Gasteiger partial charge in [0.2, 0.25) is 0 Å². The molecular weight excluding hydrogens is 257 g/mol. The van der Waals surface area contributed by atoms with Gasteiger partial charge in [-0.1, -0.05) is 6.92 Å². The van der Waals surface area contributed by atoms with Crippen LogP contribution in [0.15, 0.2) is 6.07 Å². The fourth-order valence-corrected chi connectivity index (χ4v) is 2.21. The maximum atomic E-state index is 14.2. The van der Waals surface area contributed by atoms with E-state index in [0.717, 1.165) is 11.1 Å². The van der Waals surface area contributed by atoms with Crippen molar-refractivity contribution in [1.82, 2.24) is 0 Å². The molecule has 1 aromatic rings. The van der Waals surface area contributed by atoms with Crippen molar-refractivity contribution in [2.45, 2.75) is 59.5 Å². The van der Waals surface area contributed by atoms with Crippen LogP contribution < -0.4 is 5.73 Å². The lowest BCUT2D eigenvalue weighted by molar-refractivity contribution is -0.156. The van der Waals surface area contributed by atoms with Crippen LogP contribution in [0.4, 0.5) is 10.1 Å². The van der Waals surface area contributed by atoms with Gasteiger partial charge in [-0.25, -0.2) is 4.39 Å². The van der Waals surface area contributed by atoms with Gasteiger partial charge in [0, 0.05) is 11.3 Å². The molecule has 1 aromatic carbocycles. The van der Waals surface area contributed by atoms with Crippen LogP contribution in [0.3, 0.4) is 0 Å². The number of carbonyl (C=O) groups excluding carboxylic acids is 1. The summed E-state index contributed by atoms with van der Waals surface area (Å²) in [4.78, 5) is 12.3. The first kappa shape index (κ1) is 16.5. The lowest BCUT2D eigenvalue weighted by atomic mass is 9.89. The molecule has 0 bridgehead atoms. The molecule has 0 radical (unpaired) electrons. The second kappa shape index (κ2) is 5.81. The highest BCUT2D eigenvalue weighted by atomic mass is 19.1. The molecule has 4 heteroatoms. The van der Waals surface area contributed by atoms with Crippen molar-refractivity contribution < 1.29 is 13.9 Å². The summed E-state index contributed by atoms with van der Waals surface area (Å²) in [7, 11) is 0. The van der Waals surface area contributed by atoms with Crippen molar-refractivity contribution in [3.05, 3.63) is 28.6 Å². The van der Waals surface area contributed by atoms with E-state index in [1.807, 2.05) is 13.8 Å². The monoisotopic (exact) mass is 281 g/mol. The van der Waals surface area contributed by atoms with Gasteiger partial charge in [0.05, 0.1) is 5.92 Å². The Labute approximate surface area is 120 Å². The van der Waals surface area contributed by atoms with Gasteiger partial charge in [-0.3, -0.25) is 4.79 Å². The largest absolute Gasteiger partial charge is 0.459 e. The zero-order valence-electron chi connectivity index (χ0n) is 13.1. The van der Waals surface area contributed by atoms with Crippen molar-refractivity contribution in [2.75, 3.05) is 5.73 Å². The number of rotatable bonds is 3. The molecule has 0 fully saturated rings. The van der Waals surface area contributed by atoms with Gasteiger partial charge in [0.1, 0.15) is 11.4 Å². The van der Waals surface area contributed by atoms with E-state index < -0.39 is 23.3 Å². The van der Waals surface area contributed by atoms with Crippen LogP contribution >= 0.6 is 0 Å². The predicted octanol–water partition coefficient (Wildman–Crippen LogP) is 3.86. The van der Waals surface area contributed by atoms with Gasteiger partial charge in [0.15, 0.2) is 0 Å². The minimum Gasteiger partial charge on any atom is -0.459 e. The van der Waals surface area contributed by atoms with Crippen LogP contribution in [-0.2, 0) is 9.53 Å². The normalized spacial score (nSPS) is 13.2. The molecule has 0 aromatic heterocycles. The van der Waals surface area contributed by atoms with Gasteiger partial charge < -0.3 is 10.5 Å². The molecule has 0 saturated carbocycles. The molecule has 3 nitrogen and oxygen atoms in total. The highest BCUT2D eigenvalue weighted by Crippen LogP contribution is 2.32. The van der Waals surface area contributed by atoms with Gasteiger partial charge in [0.25, 0.3) is 0 Å². The minimum atomic E-state index is -0.603. The molecule has 1 rings (SSSR count). The molecular formula is C16H24FNO2. The SMILES string of the molecule is CC[C@H](C(=O)OC(C)(C)C)c1c(F)cc(N)c(C)c1C. The Morgan fingerprint density at radius 3 is 2.35 bits per heavy atom. The van der Waals surface area contributed by atoms with E-state index in [1.165, 1.54) is 6.07 Å². The average Bonchev–Trinajstić information content (AvgIpc) is 2.29. The summed E-state index contributed by atoms with van der Waals surface area (Å²) in [5.41, 5.74) is 7.50. The molecule has 0 saturated heterocycles. The number of ether oxygens (including phenoxy) is 1. The summed E-state index contributed by atoms with van der Waals surface area (Å²) < 4.78 is 19.6. The number of nitrogen functional groups attached to an aromatic ring is 1. The van der Waals surface area contributed by atoms with E-state index >= 15 is 0 Å². The van der Waals surface area contributed by atoms with Crippen molar-refractivity contribution in [1.29, 1.82) is 0 Å². The number of halogens is 1. The number of hydrogen-bond donors (Lipinski definition) is 1. The molecule has 112 valence electrons. The third kappa shape index (κ3) is 3.50. The highest BCUT2D eigenvalue weighted by Gasteiger charge is 2.29.